The Morgan fingerprint density at radius 3 is 2.44 bits per heavy atom. The normalized spacial score (nSPS) is 31.8. The minimum atomic E-state index is 0.655. The number of nitrogens with zero attached hydrogens (tertiary/aromatic N) is 1. The highest BCUT2D eigenvalue weighted by Gasteiger charge is 2.25. The Bertz CT molecular complexity index is 248. The summed E-state index contributed by atoms with van der Waals surface area (Å²) >= 11 is 5.52. The van der Waals surface area contributed by atoms with Crippen LogP contribution in [0.1, 0.15) is 46.0 Å². The first kappa shape index (κ1) is 12.2. The van der Waals surface area contributed by atoms with Gasteiger partial charge in [-0.2, -0.15) is 0 Å². The van der Waals surface area contributed by atoms with Crippen molar-refractivity contribution >= 4 is 17.3 Å². The molecular weight excluding hydrogens is 216 g/mol. The van der Waals surface area contributed by atoms with Crippen molar-refractivity contribution in [3.05, 3.63) is 0 Å². The fourth-order valence-corrected chi connectivity index (χ4v) is 3.12. The van der Waals surface area contributed by atoms with Gasteiger partial charge in [0, 0.05) is 19.1 Å². The van der Waals surface area contributed by atoms with Crippen molar-refractivity contribution in [2.75, 3.05) is 13.1 Å². The lowest BCUT2D eigenvalue weighted by Crippen LogP contribution is -2.49. The van der Waals surface area contributed by atoms with Crippen molar-refractivity contribution in [1.82, 2.24) is 10.2 Å². The first-order chi connectivity index (χ1) is 7.66. The summed E-state index contributed by atoms with van der Waals surface area (Å²) < 4.78 is 0. The summed E-state index contributed by atoms with van der Waals surface area (Å²) in [4.78, 5) is 2.37. The van der Waals surface area contributed by atoms with E-state index in [4.69, 9.17) is 12.2 Å². The van der Waals surface area contributed by atoms with Crippen LogP contribution in [0.2, 0.25) is 0 Å². The van der Waals surface area contributed by atoms with Gasteiger partial charge in [-0.3, -0.25) is 0 Å². The largest absolute Gasteiger partial charge is 0.360 e. The van der Waals surface area contributed by atoms with E-state index in [2.05, 4.69) is 24.1 Å². The molecule has 2 aliphatic rings. The molecule has 0 aromatic rings. The van der Waals surface area contributed by atoms with E-state index in [-0.39, 0.29) is 0 Å². The maximum absolute atomic E-state index is 5.52. The molecule has 3 heteroatoms. The van der Waals surface area contributed by atoms with Crippen LogP contribution in [0.25, 0.3) is 0 Å². The summed E-state index contributed by atoms with van der Waals surface area (Å²) in [5.74, 6) is 1.63. The first-order valence-electron chi connectivity index (χ1n) is 6.72. The average Bonchev–Trinajstić information content (AvgIpc) is 2.74. The van der Waals surface area contributed by atoms with Gasteiger partial charge in [0.25, 0.3) is 0 Å². The van der Waals surface area contributed by atoms with Crippen LogP contribution >= 0.6 is 12.2 Å². The zero-order valence-corrected chi connectivity index (χ0v) is 11.4. The van der Waals surface area contributed by atoms with Crippen LogP contribution in [-0.4, -0.2) is 29.1 Å². The summed E-state index contributed by atoms with van der Waals surface area (Å²) in [6.45, 7) is 6.98. The molecular formula is C13H24N2S. The van der Waals surface area contributed by atoms with Gasteiger partial charge in [-0.15, -0.1) is 0 Å². The molecule has 2 atom stereocenters. The Morgan fingerprint density at radius 1 is 1.12 bits per heavy atom. The minimum Gasteiger partial charge on any atom is -0.360 e. The molecule has 0 spiro atoms. The standard InChI is InChI=1S/C13H24N2S/c1-10-7-8-15(9-11(10)2)13(16)14-12-5-3-4-6-12/h10-12H,3-9H2,1-2H3,(H,14,16). The number of hydrogen-bond donors (Lipinski definition) is 1. The van der Waals surface area contributed by atoms with Gasteiger partial charge in [0.05, 0.1) is 0 Å². The monoisotopic (exact) mass is 240 g/mol. The molecule has 0 aromatic heterocycles. The Balaban J connectivity index is 1.80. The lowest BCUT2D eigenvalue weighted by Gasteiger charge is -2.37. The molecule has 1 saturated carbocycles. The maximum atomic E-state index is 5.52. The molecule has 0 radical (unpaired) electrons. The zero-order chi connectivity index (χ0) is 11.5. The average molecular weight is 240 g/mol. The predicted molar refractivity (Wildman–Crippen MR) is 72.5 cm³/mol. The second-order valence-corrected chi connectivity index (χ2v) is 6.01. The fourth-order valence-electron chi connectivity index (χ4n) is 2.78. The molecule has 1 saturated heterocycles. The highest BCUT2D eigenvalue weighted by molar-refractivity contribution is 7.80. The van der Waals surface area contributed by atoms with Crippen LogP contribution in [0.15, 0.2) is 0 Å². The van der Waals surface area contributed by atoms with Gasteiger partial charge in [-0.25, -0.2) is 0 Å². The van der Waals surface area contributed by atoms with Gasteiger partial charge in [0.15, 0.2) is 5.11 Å². The molecule has 92 valence electrons. The van der Waals surface area contributed by atoms with E-state index in [1.807, 2.05) is 0 Å². The Morgan fingerprint density at radius 2 is 1.81 bits per heavy atom. The Kier molecular flexibility index (Phi) is 4.06. The van der Waals surface area contributed by atoms with E-state index in [9.17, 15) is 0 Å². The van der Waals surface area contributed by atoms with E-state index >= 15 is 0 Å². The lowest BCUT2D eigenvalue weighted by atomic mass is 9.89. The van der Waals surface area contributed by atoms with Crippen LogP contribution in [0.5, 0.6) is 0 Å². The number of piperidine rings is 1. The van der Waals surface area contributed by atoms with Crippen molar-refractivity contribution in [3.63, 3.8) is 0 Å². The van der Waals surface area contributed by atoms with Crippen molar-refractivity contribution in [1.29, 1.82) is 0 Å². The molecule has 2 unspecified atom stereocenters. The molecule has 0 aromatic carbocycles. The number of rotatable bonds is 1. The molecule has 0 amide bonds. The van der Waals surface area contributed by atoms with E-state index in [1.165, 1.54) is 32.1 Å². The van der Waals surface area contributed by atoms with Crippen LogP contribution in [0, 0.1) is 11.8 Å². The first-order valence-corrected chi connectivity index (χ1v) is 7.13. The number of thiocarbonyl (C=S) groups is 1. The molecule has 1 heterocycles. The summed E-state index contributed by atoms with van der Waals surface area (Å²) in [6.07, 6.45) is 6.63. The summed E-state index contributed by atoms with van der Waals surface area (Å²) in [5.41, 5.74) is 0. The lowest BCUT2D eigenvalue weighted by molar-refractivity contribution is 0.202. The Hall–Kier alpha value is -0.310. The van der Waals surface area contributed by atoms with Crippen molar-refractivity contribution < 1.29 is 0 Å². The third kappa shape index (κ3) is 2.88. The van der Waals surface area contributed by atoms with Crippen LogP contribution < -0.4 is 5.32 Å². The predicted octanol–water partition coefficient (Wildman–Crippen LogP) is 2.78. The molecule has 2 rings (SSSR count). The van der Waals surface area contributed by atoms with Gasteiger partial charge in [0.1, 0.15) is 0 Å². The molecule has 2 fully saturated rings. The number of likely N-dealkylation sites (tertiary alicyclic amines) is 1. The van der Waals surface area contributed by atoms with Crippen LogP contribution in [-0.2, 0) is 0 Å². The SMILES string of the molecule is CC1CCN(C(=S)NC2CCCC2)CC1C. The number of nitrogens with one attached hydrogen (secondary N) is 1. The highest BCUT2D eigenvalue weighted by atomic mass is 32.1. The van der Waals surface area contributed by atoms with E-state index in [1.54, 1.807) is 0 Å². The van der Waals surface area contributed by atoms with E-state index in [0.29, 0.717) is 6.04 Å². The van der Waals surface area contributed by atoms with Crippen molar-refractivity contribution in [3.8, 4) is 0 Å². The third-order valence-electron chi connectivity index (χ3n) is 4.30. The van der Waals surface area contributed by atoms with Gasteiger partial charge in [-0.1, -0.05) is 26.7 Å². The highest BCUT2D eigenvalue weighted by Crippen LogP contribution is 2.23. The Labute approximate surface area is 105 Å². The summed E-state index contributed by atoms with van der Waals surface area (Å²) in [5, 5.41) is 4.55. The quantitative estimate of drug-likeness (QED) is 0.710. The van der Waals surface area contributed by atoms with Gasteiger partial charge < -0.3 is 10.2 Å². The van der Waals surface area contributed by atoms with Crippen LogP contribution in [0.4, 0.5) is 0 Å². The van der Waals surface area contributed by atoms with Crippen LogP contribution in [0.3, 0.4) is 0 Å². The van der Waals surface area contributed by atoms with Gasteiger partial charge >= 0.3 is 0 Å². The second kappa shape index (κ2) is 5.35. The third-order valence-corrected chi connectivity index (χ3v) is 4.68. The molecule has 0 bridgehead atoms. The maximum Gasteiger partial charge on any atom is 0.169 e. The topological polar surface area (TPSA) is 15.3 Å². The molecule has 2 nitrogen and oxygen atoms in total. The van der Waals surface area contributed by atoms with Crippen molar-refractivity contribution in [2.45, 2.75) is 52.0 Å². The summed E-state index contributed by atoms with van der Waals surface area (Å²) in [6, 6.07) is 0.655. The van der Waals surface area contributed by atoms with Gasteiger partial charge in [-0.05, 0) is 43.3 Å². The molecule has 16 heavy (non-hydrogen) atoms. The van der Waals surface area contributed by atoms with Gasteiger partial charge in [0.2, 0.25) is 0 Å². The smallest absolute Gasteiger partial charge is 0.169 e. The van der Waals surface area contributed by atoms with Crippen molar-refractivity contribution in [2.24, 2.45) is 11.8 Å². The molecule has 1 N–H and O–H groups in total. The fraction of sp³-hybridized carbons (Fsp3) is 0.923. The molecule has 1 aliphatic carbocycles. The zero-order valence-electron chi connectivity index (χ0n) is 10.5. The number of hydrogen-bond acceptors (Lipinski definition) is 1. The minimum absolute atomic E-state index is 0.655. The second-order valence-electron chi connectivity index (χ2n) is 5.62. The summed E-state index contributed by atoms with van der Waals surface area (Å²) in [7, 11) is 0. The van der Waals surface area contributed by atoms with E-state index < -0.39 is 0 Å². The molecule has 1 aliphatic heterocycles. The van der Waals surface area contributed by atoms with E-state index in [0.717, 1.165) is 30.0 Å².